The third kappa shape index (κ3) is 3.04. The van der Waals surface area contributed by atoms with Crippen molar-refractivity contribution < 1.29 is 4.39 Å². The number of benzene rings is 1. The molecular formula is C14H20FN3S. The third-order valence-corrected chi connectivity index (χ3v) is 4.03. The molecule has 1 fully saturated rings. The van der Waals surface area contributed by atoms with Gasteiger partial charge >= 0.3 is 0 Å². The van der Waals surface area contributed by atoms with Crippen LogP contribution in [-0.2, 0) is 0 Å². The lowest BCUT2D eigenvalue weighted by atomic mass is 10.1. The van der Waals surface area contributed by atoms with Gasteiger partial charge < -0.3 is 10.6 Å². The molecule has 2 N–H and O–H groups in total. The number of hydrogen-bond donors (Lipinski definition) is 1. The Labute approximate surface area is 119 Å². The lowest BCUT2D eigenvalue weighted by molar-refractivity contribution is 0.213. The molecule has 1 unspecified atom stereocenters. The standard InChI is InChI=1S/C14H20FN3S/c1-3-11-9-18(7-6-17(11)2)13-5-4-10(15)8-12(13)14(16)19/h4-5,8,11H,3,6-7,9H2,1-2H3,(H2,16,19). The van der Waals surface area contributed by atoms with E-state index >= 15 is 0 Å². The van der Waals surface area contributed by atoms with E-state index in [1.807, 2.05) is 0 Å². The number of halogens is 1. The molecule has 104 valence electrons. The van der Waals surface area contributed by atoms with Crippen LogP contribution in [0.2, 0.25) is 0 Å². The topological polar surface area (TPSA) is 32.5 Å². The minimum atomic E-state index is -0.298. The van der Waals surface area contributed by atoms with Gasteiger partial charge in [-0.3, -0.25) is 4.90 Å². The number of nitrogens with two attached hydrogens (primary N) is 1. The summed E-state index contributed by atoms with van der Waals surface area (Å²) in [4.78, 5) is 4.87. The van der Waals surface area contributed by atoms with Crippen molar-refractivity contribution in [3.05, 3.63) is 29.6 Å². The van der Waals surface area contributed by atoms with Crippen LogP contribution in [0.1, 0.15) is 18.9 Å². The Morgan fingerprint density at radius 3 is 2.84 bits per heavy atom. The lowest BCUT2D eigenvalue weighted by Gasteiger charge is -2.41. The second-order valence-corrected chi connectivity index (χ2v) is 5.45. The number of nitrogens with zero attached hydrogens (tertiary/aromatic N) is 2. The Balaban J connectivity index is 2.29. The maximum Gasteiger partial charge on any atom is 0.124 e. The minimum absolute atomic E-state index is 0.251. The largest absolute Gasteiger partial charge is 0.389 e. The molecule has 0 amide bonds. The molecule has 0 aliphatic carbocycles. The number of piperazine rings is 1. The molecule has 1 aromatic rings. The summed E-state index contributed by atoms with van der Waals surface area (Å²) in [5.74, 6) is -0.298. The number of likely N-dealkylation sites (N-methyl/N-ethyl adjacent to an activating group) is 1. The molecule has 1 atom stereocenters. The Bertz CT molecular complexity index is 478. The van der Waals surface area contributed by atoms with Gasteiger partial charge in [0.25, 0.3) is 0 Å². The van der Waals surface area contributed by atoms with E-state index < -0.39 is 0 Å². The van der Waals surface area contributed by atoms with Crippen molar-refractivity contribution in [1.82, 2.24) is 4.90 Å². The maximum atomic E-state index is 13.3. The van der Waals surface area contributed by atoms with Crippen LogP contribution in [0.25, 0.3) is 0 Å². The number of hydrogen-bond acceptors (Lipinski definition) is 3. The SMILES string of the molecule is CCC1CN(c2ccc(F)cc2C(N)=S)CCN1C. The second-order valence-electron chi connectivity index (χ2n) is 5.01. The van der Waals surface area contributed by atoms with E-state index in [9.17, 15) is 4.39 Å². The first-order valence-electron chi connectivity index (χ1n) is 6.57. The van der Waals surface area contributed by atoms with Crippen LogP contribution in [-0.4, -0.2) is 42.6 Å². The molecule has 1 heterocycles. The van der Waals surface area contributed by atoms with Gasteiger partial charge in [0.1, 0.15) is 10.8 Å². The van der Waals surface area contributed by atoms with Gasteiger partial charge in [0.2, 0.25) is 0 Å². The van der Waals surface area contributed by atoms with Gasteiger partial charge in [-0.25, -0.2) is 4.39 Å². The molecule has 1 saturated heterocycles. The van der Waals surface area contributed by atoms with Crippen molar-refractivity contribution in [2.24, 2.45) is 5.73 Å². The lowest BCUT2D eigenvalue weighted by Crippen LogP contribution is -2.51. The Hall–Kier alpha value is -1.20. The molecule has 0 aromatic heterocycles. The van der Waals surface area contributed by atoms with Crippen molar-refractivity contribution in [2.75, 3.05) is 31.6 Å². The van der Waals surface area contributed by atoms with Gasteiger partial charge in [0.15, 0.2) is 0 Å². The van der Waals surface area contributed by atoms with E-state index in [2.05, 4.69) is 23.8 Å². The van der Waals surface area contributed by atoms with E-state index in [4.69, 9.17) is 18.0 Å². The molecule has 0 radical (unpaired) electrons. The first kappa shape index (κ1) is 14.2. The van der Waals surface area contributed by atoms with Crippen LogP contribution in [0.3, 0.4) is 0 Å². The molecule has 1 aliphatic rings. The zero-order valence-corrected chi connectivity index (χ0v) is 12.2. The van der Waals surface area contributed by atoms with E-state index in [1.54, 1.807) is 6.07 Å². The highest BCUT2D eigenvalue weighted by Gasteiger charge is 2.24. The maximum absolute atomic E-state index is 13.3. The Kier molecular flexibility index (Phi) is 4.37. The average molecular weight is 281 g/mol. The summed E-state index contributed by atoms with van der Waals surface area (Å²) in [6.07, 6.45) is 1.09. The molecule has 3 nitrogen and oxygen atoms in total. The molecule has 5 heteroatoms. The number of anilines is 1. The van der Waals surface area contributed by atoms with E-state index in [-0.39, 0.29) is 10.8 Å². The normalized spacial score (nSPS) is 20.6. The molecule has 1 aromatic carbocycles. The van der Waals surface area contributed by atoms with E-state index in [0.717, 1.165) is 31.7 Å². The first-order valence-corrected chi connectivity index (χ1v) is 6.98. The predicted molar refractivity (Wildman–Crippen MR) is 81.2 cm³/mol. The first-order chi connectivity index (χ1) is 9.02. The molecular weight excluding hydrogens is 261 g/mol. The molecule has 19 heavy (non-hydrogen) atoms. The highest BCUT2D eigenvalue weighted by Crippen LogP contribution is 2.25. The summed E-state index contributed by atoms with van der Waals surface area (Å²) in [5.41, 5.74) is 7.29. The van der Waals surface area contributed by atoms with Crippen molar-refractivity contribution in [3.8, 4) is 0 Å². The number of thiocarbonyl (C=S) groups is 1. The summed E-state index contributed by atoms with van der Waals surface area (Å²) in [6.45, 7) is 5.01. The molecule has 0 spiro atoms. The number of rotatable bonds is 3. The molecule has 2 rings (SSSR count). The van der Waals surface area contributed by atoms with Gasteiger partial charge in [-0.2, -0.15) is 0 Å². The minimum Gasteiger partial charge on any atom is -0.389 e. The van der Waals surface area contributed by atoms with Crippen LogP contribution < -0.4 is 10.6 Å². The fourth-order valence-electron chi connectivity index (χ4n) is 2.59. The monoisotopic (exact) mass is 281 g/mol. The van der Waals surface area contributed by atoms with Gasteiger partial charge in [0.05, 0.1) is 0 Å². The molecule has 0 saturated carbocycles. The summed E-state index contributed by atoms with van der Waals surface area (Å²) >= 11 is 5.03. The zero-order chi connectivity index (χ0) is 14.0. The fraction of sp³-hybridized carbons (Fsp3) is 0.500. The van der Waals surface area contributed by atoms with Crippen LogP contribution in [0, 0.1) is 5.82 Å². The summed E-state index contributed by atoms with van der Waals surface area (Å²) < 4.78 is 13.3. The van der Waals surface area contributed by atoms with Crippen molar-refractivity contribution in [1.29, 1.82) is 0 Å². The third-order valence-electron chi connectivity index (χ3n) is 3.81. The predicted octanol–water partition coefficient (Wildman–Crippen LogP) is 1.99. The van der Waals surface area contributed by atoms with Crippen molar-refractivity contribution >= 4 is 22.9 Å². The zero-order valence-electron chi connectivity index (χ0n) is 11.4. The van der Waals surface area contributed by atoms with Gasteiger partial charge in [-0.05, 0) is 31.7 Å². The van der Waals surface area contributed by atoms with E-state index in [0.29, 0.717) is 11.6 Å². The highest BCUT2D eigenvalue weighted by atomic mass is 32.1. The molecule has 1 aliphatic heterocycles. The van der Waals surface area contributed by atoms with Crippen molar-refractivity contribution in [3.63, 3.8) is 0 Å². The van der Waals surface area contributed by atoms with Gasteiger partial charge in [-0.1, -0.05) is 19.1 Å². The molecule has 0 bridgehead atoms. The van der Waals surface area contributed by atoms with Crippen LogP contribution in [0.5, 0.6) is 0 Å². The summed E-state index contributed by atoms with van der Waals surface area (Å²) in [5, 5.41) is 0. The smallest absolute Gasteiger partial charge is 0.124 e. The quantitative estimate of drug-likeness (QED) is 0.859. The highest BCUT2D eigenvalue weighted by molar-refractivity contribution is 7.80. The van der Waals surface area contributed by atoms with Gasteiger partial charge in [-0.15, -0.1) is 0 Å². The second kappa shape index (κ2) is 5.84. The fourth-order valence-corrected chi connectivity index (χ4v) is 2.75. The van der Waals surface area contributed by atoms with Gasteiger partial charge in [0, 0.05) is 36.9 Å². The summed E-state index contributed by atoms with van der Waals surface area (Å²) in [6, 6.07) is 5.19. The Morgan fingerprint density at radius 1 is 1.47 bits per heavy atom. The van der Waals surface area contributed by atoms with Crippen molar-refractivity contribution in [2.45, 2.75) is 19.4 Å². The summed E-state index contributed by atoms with van der Waals surface area (Å²) in [7, 11) is 2.14. The average Bonchev–Trinajstić information content (AvgIpc) is 2.39. The Morgan fingerprint density at radius 2 is 2.21 bits per heavy atom. The van der Waals surface area contributed by atoms with Crippen LogP contribution in [0.4, 0.5) is 10.1 Å². The van der Waals surface area contributed by atoms with E-state index in [1.165, 1.54) is 12.1 Å². The van der Waals surface area contributed by atoms with Crippen LogP contribution >= 0.6 is 12.2 Å². The van der Waals surface area contributed by atoms with Crippen LogP contribution in [0.15, 0.2) is 18.2 Å².